The van der Waals surface area contributed by atoms with Crippen LogP contribution in [-0.4, -0.2) is 51.6 Å². The van der Waals surface area contributed by atoms with Crippen molar-refractivity contribution in [3.8, 4) is 11.3 Å². The minimum absolute atomic E-state index is 0.0822. The number of likely N-dealkylation sites (N-methyl/N-ethyl adjacent to an activating group) is 1. The number of H-pyrrole nitrogens is 1. The Bertz CT molecular complexity index is 737. The molecule has 5 heteroatoms. The van der Waals surface area contributed by atoms with Crippen LogP contribution in [0.4, 0.5) is 0 Å². The maximum Gasteiger partial charge on any atom is 0.239 e. The van der Waals surface area contributed by atoms with E-state index in [1.165, 1.54) is 11.1 Å². The number of carbonyl (C=O) groups excluding carboxylic acids is 1. The molecule has 1 saturated heterocycles. The van der Waals surface area contributed by atoms with Crippen molar-refractivity contribution >= 4 is 5.91 Å². The lowest BCUT2D eigenvalue weighted by Crippen LogP contribution is -2.55. The van der Waals surface area contributed by atoms with Gasteiger partial charge in [0.05, 0.1) is 17.9 Å². The maximum absolute atomic E-state index is 12.4. The van der Waals surface area contributed by atoms with Gasteiger partial charge in [0, 0.05) is 37.3 Å². The van der Waals surface area contributed by atoms with Gasteiger partial charge in [-0.3, -0.25) is 14.8 Å². The molecule has 0 unspecified atom stereocenters. The molecule has 1 amide bonds. The first-order chi connectivity index (χ1) is 11.5. The first kappa shape index (κ1) is 16.7. The lowest BCUT2D eigenvalue weighted by Gasteiger charge is -2.38. The van der Waals surface area contributed by atoms with E-state index in [2.05, 4.69) is 47.1 Å². The van der Waals surface area contributed by atoms with Crippen molar-refractivity contribution < 1.29 is 4.79 Å². The van der Waals surface area contributed by atoms with Gasteiger partial charge in [-0.1, -0.05) is 12.1 Å². The van der Waals surface area contributed by atoms with E-state index in [0.717, 1.165) is 43.0 Å². The van der Waals surface area contributed by atoms with E-state index < -0.39 is 0 Å². The number of amides is 1. The highest BCUT2D eigenvalue weighted by atomic mass is 16.2. The summed E-state index contributed by atoms with van der Waals surface area (Å²) in [6, 6.07) is 6.38. The molecule has 1 aromatic heterocycles. The van der Waals surface area contributed by atoms with Gasteiger partial charge < -0.3 is 4.90 Å². The third-order valence-corrected chi connectivity index (χ3v) is 5.14. The van der Waals surface area contributed by atoms with E-state index >= 15 is 0 Å². The SMILES string of the molecule is CCN1CCN(Cc2cn[nH]c2-c2ccc(C)c(C)c2)[C@@H](C)C1=O. The topological polar surface area (TPSA) is 52.2 Å². The number of piperazine rings is 1. The van der Waals surface area contributed by atoms with Crippen LogP contribution in [0, 0.1) is 13.8 Å². The van der Waals surface area contributed by atoms with Crippen LogP contribution in [0.5, 0.6) is 0 Å². The predicted molar refractivity (Wildman–Crippen MR) is 95.6 cm³/mol. The zero-order valence-corrected chi connectivity index (χ0v) is 15.0. The average molecular weight is 326 g/mol. The molecule has 1 aliphatic heterocycles. The lowest BCUT2D eigenvalue weighted by atomic mass is 10.0. The first-order valence-electron chi connectivity index (χ1n) is 8.64. The van der Waals surface area contributed by atoms with Gasteiger partial charge in [-0.05, 0) is 44.9 Å². The summed E-state index contributed by atoms with van der Waals surface area (Å²) in [5, 5.41) is 7.38. The predicted octanol–water partition coefficient (Wildman–Crippen LogP) is 2.75. The molecule has 1 atom stereocenters. The summed E-state index contributed by atoms with van der Waals surface area (Å²) in [6.07, 6.45) is 1.88. The van der Waals surface area contributed by atoms with Crippen LogP contribution in [-0.2, 0) is 11.3 Å². The Kier molecular flexibility index (Phi) is 4.71. The highest BCUT2D eigenvalue weighted by Gasteiger charge is 2.31. The summed E-state index contributed by atoms with van der Waals surface area (Å²) in [7, 11) is 0. The molecule has 1 aromatic carbocycles. The highest BCUT2D eigenvalue weighted by Crippen LogP contribution is 2.25. The van der Waals surface area contributed by atoms with Gasteiger partial charge in [-0.25, -0.2) is 0 Å². The molecule has 0 saturated carbocycles. The second kappa shape index (κ2) is 6.77. The zero-order valence-electron chi connectivity index (χ0n) is 15.0. The maximum atomic E-state index is 12.4. The van der Waals surface area contributed by atoms with Crippen molar-refractivity contribution in [2.45, 2.75) is 40.3 Å². The van der Waals surface area contributed by atoms with E-state index in [1.807, 2.05) is 24.9 Å². The molecule has 2 aromatic rings. The van der Waals surface area contributed by atoms with E-state index in [-0.39, 0.29) is 11.9 Å². The van der Waals surface area contributed by atoms with Crippen molar-refractivity contribution in [2.75, 3.05) is 19.6 Å². The summed E-state index contributed by atoms with van der Waals surface area (Å²) in [5.74, 6) is 0.222. The molecule has 0 aliphatic carbocycles. The second-order valence-corrected chi connectivity index (χ2v) is 6.63. The molecule has 1 N–H and O–H groups in total. The molecule has 24 heavy (non-hydrogen) atoms. The largest absolute Gasteiger partial charge is 0.340 e. The third kappa shape index (κ3) is 3.08. The van der Waals surface area contributed by atoms with Crippen LogP contribution in [0.3, 0.4) is 0 Å². The number of aromatic amines is 1. The molecule has 2 heterocycles. The van der Waals surface area contributed by atoms with Crippen LogP contribution < -0.4 is 0 Å². The van der Waals surface area contributed by atoms with Gasteiger partial charge in [0.2, 0.25) is 5.91 Å². The second-order valence-electron chi connectivity index (χ2n) is 6.63. The molecule has 128 valence electrons. The molecule has 0 bridgehead atoms. The van der Waals surface area contributed by atoms with Gasteiger partial charge in [-0.15, -0.1) is 0 Å². The normalized spacial score (nSPS) is 19.1. The Balaban J connectivity index is 1.81. The number of aryl methyl sites for hydroxylation is 2. The summed E-state index contributed by atoms with van der Waals surface area (Å²) in [4.78, 5) is 16.6. The lowest BCUT2D eigenvalue weighted by molar-refractivity contribution is -0.141. The van der Waals surface area contributed by atoms with Crippen LogP contribution in [0.2, 0.25) is 0 Å². The zero-order chi connectivity index (χ0) is 17.3. The summed E-state index contributed by atoms with van der Waals surface area (Å²) < 4.78 is 0. The number of benzene rings is 1. The number of nitrogens with zero attached hydrogens (tertiary/aromatic N) is 3. The number of nitrogens with one attached hydrogen (secondary N) is 1. The Hall–Kier alpha value is -2.14. The smallest absolute Gasteiger partial charge is 0.239 e. The van der Waals surface area contributed by atoms with Gasteiger partial charge >= 0.3 is 0 Å². The standard InChI is InChI=1S/C19H26N4O/c1-5-22-8-9-23(15(4)19(22)24)12-17-11-20-21-18(17)16-7-6-13(2)14(3)10-16/h6-7,10-11,15H,5,8-9,12H2,1-4H3,(H,20,21)/t15-/m0/s1. The Labute approximate surface area is 143 Å². The number of hydrogen-bond acceptors (Lipinski definition) is 3. The number of aromatic nitrogens is 2. The number of carbonyl (C=O) groups is 1. The molecule has 0 radical (unpaired) electrons. The van der Waals surface area contributed by atoms with Gasteiger partial charge in [0.15, 0.2) is 0 Å². The monoisotopic (exact) mass is 326 g/mol. The van der Waals surface area contributed by atoms with Crippen molar-refractivity contribution in [1.82, 2.24) is 20.0 Å². The molecular formula is C19H26N4O. The van der Waals surface area contributed by atoms with Crippen LogP contribution in [0.25, 0.3) is 11.3 Å². The quantitative estimate of drug-likeness (QED) is 0.940. The van der Waals surface area contributed by atoms with Crippen molar-refractivity contribution in [1.29, 1.82) is 0 Å². The highest BCUT2D eigenvalue weighted by molar-refractivity contribution is 5.82. The number of hydrogen-bond donors (Lipinski definition) is 1. The van der Waals surface area contributed by atoms with E-state index in [9.17, 15) is 4.79 Å². The number of rotatable bonds is 4. The Morgan fingerprint density at radius 1 is 1.25 bits per heavy atom. The summed E-state index contributed by atoms with van der Waals surface area (Å²) in [5.41, 5.74) is 5.90. The van der Waals surface area contributed by atoms with E-state index in [4.69, 9.17) is 0 Å². The molecule has 1 fully saturated rings. The third-order valence-electron chi connectivity index (χ3n) is 5.14. The van der Waals surface area contributed by atoms with Crippen molar-refractivity contribution in [2.24, 2.45) is 0 Å². The van der Waals surface area contributed by atoms with Crippen molar-refractivity contribution in [3.63, 3.8) is 0 Å². The first-order valence-corrected chi connectivity index (χ1v) is 8.64. The molecular weight excluding hydrogens is 300 g/mol. The van der Waals surface area contributed by atoms with Crippen LogP contribution >= 0.6 is 0 Å². The fraction of sp³-hybridized carbons (Fsp3) is 0.474. The van der Waals surface area contributed by atoms with Gasteiger partial charge in [0.25, 0.3) is 0 Å². The van der Waals surface area contributed by atoms with Crippen LogP contribution in [0.1, 0.15) is 30.5 Å². The van der Waals surface area contributed by atoms with Gasteiger partial charge in [-0.2, -0.15) is 5.10 Å². The fourth-order valence-corrected chi connectivity index (χ4v) is 3.30. The summed E-state index contributed by atoms with van der Waals surface area (Å²) >= 11 is 0. The van der Waals surface area contributed by atoms with E-state index in [0.29, 0.717) is 0 Å². The summed E-state index contributed by atoms with van der Waals surface area (Å²) in [6.45, 7) is 11.5. The molecule has 5 nitrogen and oxygen atoms in total. The molecule has 0 spiro atoms. The van der Waals surface area contributed by atoms with Crippen LogP contribution in [0.15, 0.2) is 24.4 Å². The van der Waals surface area contributed by atoms with Gasteiger partial charge in [0.1, 0.15) is 0 Å². The Morgan fingerprint density at radius 3 is 2.75 bits per heavy atom. The van der Waals surface area contributed by atoms with Crippen molar-refractivity contribution in [3.05, 3.63) is 41.1 Å². The minimum atomic E-state index is -0.0822. The minimum Gasteiger partial charge on any atom is -0.340 e. The Morgan fingerprint density at radius 2 is 2.04 bits per heavy atom. The molecule has 1 aliphatic rings. The fourth-order valence-electron chi connectivity index (χ4n) is 3.30. The van der Waals surface area contributed by atoms with E-state index in [1.54, 1.807) is 0 Å². The molecule has 3 rings (SSSR count). The average Bonchev–Trinajstić information content (AvgIpc) is 3.03.